The first kappa shape index (κ1) is 16.3. The molecule has 0 aliphatic carbocycles. The van der Waals surface area contributed by atoms with Crippen LogP contribution in [0.3, 0.4) is 0 Å². The molecule has 1 heterocycles. The normalized spacial score (nSPS) is 11.6. The highest BCUT2D eigenvalue weighted by Crippen LogP contribution is 2.28. The Labute approximate surface area is 136 Å². The van der Waals surface area contributed by atoms with E-state index in [2.05, 4.69) is 36.2 Å². The lowest BCUT2D eigenvalue weighted by molar-refractivity contribution is 0.595. The molecule has 9 heteroatoms. The van der Waals surface area contributed by atoms with Gasteiger partial charge in [0.1, 0.15) is 0 Å². The fourth-order valence-corrected chi connectivity index (χ4v) is 3.73. The fourth-order valence-electron chi connectivity index (χ4n) is 1.81. The zero-order valence-corrected chi connectivity index (χ0v) is 14.5. The maximum Gasteiger partial charge on any atom is 0.281 e. The van der Waals surface area contributed by atoms with Crippen LogP contribution < -0.4 is 10.0 Å². The van der Waals surface area contributed by atoms with Crippen molar-refractivity contribution in [2.45, 2.75) is 18.5 Å². The number of aryl methyl sites for hydroxylation is 1. The third-order valence-electron chi connectivity index (χ3n) is 2.82. The van der Waals surface area contributed by atoms with Gasteiger partial charge in [-0.25, -0.2) is 0 Å². The number of sulfonamides is 1. The zero-order valence-electron chi connectivity index (χ0n) is 11.4. The average Bonchev–Trinajstić information content (AvgIpc) is 2.77. The molecule has 3 N–H and O–H groups in total. The summed E-state index contributed by atoms with van der Waals surface area (Å²) in [7, 11) is -2.07. The Morgan fingerprint density at radius 1 is 1.43 bits per heavy atom. The van der Waals surface area contributed by atoms with Crippen LogP contribution in [0.2, 0.25) is 5.02 Å². The van der Waals surface area contributed by atoms with Gasteiger partial charge < -0.3 is 5.32 Å². The number of aromatic nitrogens is 2. The van der Waals surface area contributed by atoms with Crippen LogP contribution in [0.25, 0.3) is 0 Å². The van der Waals surface area contributed by atoms with Gasteiger partial charge in [-0.2, -0.15) is 13.5 Å². The summed E-state index contributed by atoms with van der Waals surface area (Å²) in [5.41, 5.74) is 1.66. The van der Waals surface area contributed by atoms with E-state index in [9.17, 15) is 8.42 Å². The molecule has 0 bridgehead atoms. The van der Waals surface area contributed by atoms with Gasteiger partial charge in [-0.05, 0) is 48.1 Å². The lowest BCUT2D eigenvalue weighted by Crippen LogP contribution is -2.17. The van der Waals surface area contributed by atoms with Crippen molar-refractivity contribution in [1.82, 2.24) is 15.5 Å². The van der Waals surface area contributed by atoms with Gasteiger partial charge in [0, 0.05) is 27.3 Å². The van der Waals surface area contributed by atoms with Crippen LogP contribution >= 0.6 is 27.5 Å². The molecule has 114 valence electrons. The summed E-state index contributed by atoms with van der Waals surface area (Å²) in [6, 6.07) is 4.86. The number of anilines is 1. The summed E-state index contributed by atoms with van der Waals surface area (Å²) in [6.07, 6.45) is 0. The van der Waals surface area contributed by atoms with Crippen LogP contribution in [0.4, 0.5) is 5.69 Å². The molecule has 1 aromatic heterocycles. The molecular formula is C12H14BrClN4O2S. The number of rotatable bonds is 5. The Morgan fingerprint density at radius 2 is 2.14 bits per heavy atom. The molecule has 0 fully saturated rings. The van der Waals surface area contributed by atoms with Crippen molar-refractivity contribution in [2.75, 3.05) is 11.8 Å². The first-order valence-corrected chi connectivity index (χ1v) is 8.67. The van der Waals surface area contributed by atoms with E-state index in [0.717, 1.165) is 0 Å². The summed E-state index contributed by atoms with van der Waals surface area (Å²) in [4.78, 5) is 0. The van der Waals surface area contributed by atoms with Crippen molar-refractivity contribution >= 4 is 43.2 Å². The van der Waals surface area contributed by atoms with Gasteiger partial charge in [-0.3, -0.25) is 9.82 Å². The van der Waals surface area contributed by atoms with Gasteiger partial charge in [0.25, 0.3) is 10.0 Å². The van der Waals surface area contributed by atoms with Crippen LogP contribution in [-0.4, -0.2) is 25.7 Å². The summed E-state index contributed by atoms with van der Waals surface area (Å²) in [5.74, 6) is 0. The molecule has 1 aromatic carbocycles. The summed E-state index contributed by atoms with van der Waals surface area (Å²) < 4.78 is 28.1. The van der Waals surface area contributed by atoms with E-state index < -0.39 is 10.0 Å². The van der Waals surface area contributed by atoms with E-state index in [4.69, 9.17) is 11.6 Å². The van der Waals surface area contributed by atoms with E-state index >= 15 is 0 Å². The molecule has 0 atom stereocenters. The molecular weight excluding hydrogens is 380 g/mol. The lowest BCUT2D eigenvalue weighted by Gasteiger charge is -2.10. The van der Waals surface area contributed by atoms with Crippen molar-refractivity contribution in [3.05, 3.63) is 39.0 Å². The van der Waals surface area contributed by atoms with Crippen molar-refractivity contribution in [3.8, 4) is 0 Å². The fraction of sp³-hybridized carbons (Fsp3) is 0.250. The number of H-pyrrole nitrogens is 1. The number of nitrogens with one attached hydrogen (secondary N) is 3. The van der Waals surface area contributed by atoms with Crippen molar-refractivity contribution in [3.63, 3.8) is 0 Å². The third kappa shape index (κ3) is 3.57. The minimum Gasteiger partial charge on any atom is -0.316 e. The number of hydrogen-bond acceptors (Lipinski definition) is 4. The van der Waals surface area contributed by atoms with Crippen molar-refractivity contribution in [2.24, 2.45) is 0 Å². The number of hydrogen-bond donors (Lipinski definition) is 3. The Bertz CT molecular complexity index is 761. The van der Waals surface area contributed by atoms with Gasteiger partial charge in [0.2, 0.25) is 5.03 Å². The van der Waals surface area contributed by atoms with Crippen LogP contribution in [0, 0.1) is 6.92 Å². The van der Waals surface area contributed by atoms with Crippen molar-refractivity contribution in [1.29, 1.82) is 0 Å². The molecule has 0 saturated heterocycles. The standard InChI is InChI=1S/C12H14BrClN4O2S/c1-7-9(6-15-2)12(17-16-7)21(19,20)18-11-5-8(14)3-4-10(11)13/h3-5,15,18H,6H2,1-2H3,(H,16,17). The summed E-state index contributed by atoms with van der Waals surface area (Å²) >= 11 is 9.17. The van der Waals surface area contributed by atoms with E-state index in [0.29, 0.717) is 33.0 Å². The minimum atomic E-state index is -3.81. The highest BCUT2D eigenvalue weighted by Gasteiger charge is 2.24. The Hall–Kier alpha value is -1.09. The van der Waals surface area contributed by atoms with E-state index in [1.165, 1.54) is 6.07 Å². The molecule has 0 spiro atoms. The number of halogens is 2. The van der Waals surface area contributed by atoms with Gasteiger partial charge in [-0.1, -0.05) is 11.6 Å². The Morgan fingerprint density at radius 3 is 2.81 bits per heavy atom. The van der Waals surface area contributed by atoms with E-state index in [1.807, 2.05) is 0 Å². The molecule has 21 heavy (non-hydrogen) atoms. The predicted molar refractivity (Wildman–Crippen MR) is 86.0 cm³/mol. The maximum absolute atomic E-state index is 12.5. The Balaban J connectivity index is 2.41. The number of nitrogens with zero attached hydrogens (tertiary/aromatic N) is 1. The van der Waals surface area contributed by atoms with Gasteiger partial charge in [0.05, 0.1) is 5.69 Å². The second kappa shape index (κ2) is 6.35. The van der Waals surface area contributed by atoms with Crippen molar-refractivity contribution < 1.29 is 8.42 Å². The second-order valence-corrected chi connectivity index (χ2v) is 7.28. The molecule has 0 aliphatic rings. The van der Waals surface area contributed by atoms with E-state index in [1.54, 1.807) is 26.1 Å². The van der Waals surface area contributed by atoms with E-state index in [-0.39, 0.29) is 5.03 Å². The highest BCUT2D eigenvalue weighted by atomic mass is 79.9. The largest absolute Gasteiger partial charge is 0.316 e. The summed E-state index contributed by atoms with van der Waals surface area (Å²) in [5, 5.41) is 9.92. The third-order valence-corrected chi connectivity index (χ3v) is 5.08. The maximum atomic E-state index is 12.5. The summed E-state index contributed by atoms with van der Waals surface area (Å²) in [6.45, 7) is 2.17. The molecule has 0 unspecified atom stereocenters. The quantitative estimate of drug-likeness (QED) is 0.729. The van der Waals surface area contributed by atoms with Gasteiger partial charge in [0.15, 0.2) is 0 Å². The SMILES string of the molecule is CNCc1c(S(=O)(=O)Nc2cc(Cl)ccc2Br)n[nH]c1C. The first-order chi connectivity index (χ1) is 9.85. The van der Waals surface area contributed by atoms with Gasteiger partial charge in [-0.15, -0.1) is 0 Å². The number of benzene rings is 1. The topological polar surface area (TPSA) is 86.9 Å². The zero-order chi connectivity index (χ0) is 15.6. The average molecular weight is 394 g/mol. The first-order valence-electron chi connectivity index (χ1n) is 6.01. The lowest BCUT2D eigenvalue weighted by atomic mass is 10.3. The highest BCUT2D eigenvalue weighted by molar-refractivity contribution is 9.10. The molecule has 0 aliphatic heterocycles. The number of aromatic amines is 1. The van der Waals surface area contributed by atoms with Gasteiger partial charge >= 0.3 is 0 Å². The monoisotopic (exact) mass is 392 g/mol. The second-order valence-electron chi connectivity index (χ2n) is 4.39. The van der Waals surface area contributed by atoms with Crippen LogP contribution in [0.1, 0.15) is 11.3 Å². The molecule has 2 aromatic rings. The minimum absolute atomic E-state index is 0.0266. The van der Waals surface area contributed by atoms with Crippen LogP contribution in [0.5, 0.6) is 0 Å². The molecule has 0 amide bonds. The molecule has 0 saturated carbocycles. The molecule has 2 rings (SSSR count). The molecule has 6 nitrogen and oxygen atoms in total. The molecule has 0 radical (unpaired) electrons. The Kier molecular flexibility index (Phi) is 4.92. The smallest absolute Gasteiger partial charge is 0.281 e. The van der Waals surface area contributed by atoms with Crippen LogP contribution in [0.15, 0.2) is 27.7 Å². The van der Waals surface area contributed by atoms with Crippen LogP contribution in [-0.2, 0) is 16.6 Å². The predicted octanol–water partition coefficient (Wildman–Crippen LogP) is 2.65.